The molecule has 0 saturated carbocycles. The van der Waals surface area contributed by atoms with Crippen molar-refractivity contribution < 1.29 is 40.6 Å². The Labute approximate surface area is 114 Å². The molecule has 2 nitrogen and oxygen atoms in total. The Kier molecular flexibility index (Phi) is 19.7. The van der Waals surface area contributed by atoms with Crippen LogP contribution in [0.1, 0.15) is 41.0 Å². The average Bonchev–Trinajstić information content (AvgIpc) is 2.31. The molecule has 20 heavy (non-hydrogen) atoms. The first-order chi connectivity index (χ1) is 9.02. The average molecular weight is 318 g/mol. The quantitative estimate of drug-likeness (QED) is 0.559. The Morgan fingerprint density at radius 2 is 1.15 bits per heavy atom. The van der Waals surface area contributed by atoms with Gasteiger partial charge in [0.15, 0.2) is 5.92 Å². The summed E-state index contributed by atoms with van der Waals surface area (Å²) in [5.41, 5.74) is 0. The van der Waals surface area contributed by atoms with E-state index in [0.717, 1.165) is 6.92 Å². The minimum atomic E-state index is -5.58. The second-order valence-electron chi connectivity index (χ2n) is 2.59. The van der Waals surface area contributed by atoms with Gasteiger partial charge in [-0.15, -0.1) is 0 Å². The van der Waals surface area contributed by atoms with Gasteiger partial charge in [-0.3, -0.25) is 4.79 Å². The van der Waals surface area contributed by atoms with Gasteiger partial charge in [0.25, 0.3) is 6.47 Å². The zero-order valence-electron chi connectivity index (χ0n) is 11.9. The van der Waals surface area contributed by atoms with Gasteiger partial charge in [-0.1, -0.05) is 34.6 Å². The van der Waals surface area contributed by atoms with Crippen molar-refractivity contribution in [1.82, 2.24) is 0 Å². The largest absolute Gasteiger partial charge is 0.483 e. The molecule has 0 aromatic rings. The van der Waals surface area contributed by atoms with Gasteiger partial charge in [0, 0.05) is 0 Å². The van der Waals surface area contributed by atoms with Crippen LogP contribution in [0.25, 0.3) is 0 Å². The Balaban J connectivity index is -0.000000155. The summed E-state index contributed by atoms with van der Waals surface area (Å²) >= 11 is 0. The highest BCUT2D eigenvalue weighted by molar-refractivity contribution is 5.32. The van der Waals surface area contributed by atoms with Crippen molar-refractivity contribution in [2.24, 2.45) is 5.92 Å². The van der Waals surface area contributed by atoms with E-state index in [1.807, 2.05) is 27.7 Å². The minimum absolute atomic E-state index is 0.250. The molecule has 0 radical (unpaired) electrons. The number of rotatable bonds is 2. The molecule has 0 heterocycles. The number of alkyl halides is 7. The summed E-state index contributed by atoms with van der Waals surface area (Å²) in [6.45, 7) is 8.68. The van der Waals surface area contributed by atoms with Crippen LogP contribution in [0.15, 0.2) is 0 Å². The van der Waals surface area contributed by atoms with Crippen LogP contribution in [0.3, 0.4) is 0 Å². The van der Waals surface area contributed by atoms with E-state index in [1.54, 1.807) is 0 Å². The zero-order chi connectivity index (χ0) is 17.6. The third-order valence-corrected chi connectivity index (χ3v) is 1.46. The summed E-state index contributed by atoms with van der Waals surface area (Å²) in [5.74, 6) is -3.87. The van der Waals surface area contributed by atoms with Gasteiger partial charge in [0.05, 0.1) is 0 Å². The van der Waals surface area contributed by atoms with Crippen molar-refractivity contribution >= 4 is 6.47 Å². The van der Waals surface area contributed by atoms with Crippen LogP contribution in [0.5, 0.6) is 0 Å². The molecule has 0 rings (SSSR count). The van der Waals surface area contributed by atoms with Crippen molar-refractivity contribution in [2.45, 2.75) is 59.6 Å². The van der Waals surface area contributed by atoms with E-state index >= 15 is 0 Å². The van der Waals surface area contributed by atoms with Gasteiger partial charge in [0.2, 0.25) is 0 Å². The highest BCUT2D eigenvalue weighted by atomic mass is 19.4. The maximum absolute atomic E-state index is 12.3. The lowest BCUT2D eigenvalue weighted by Gasteiger charge is -2.25. The maximum atomic E-state index is 12.3. The second-order valence-corrected chi connectivity index (χ2v) is 2.59. The molecule has 0 fully saturated rings. The highest BCUT2D eigenvalue weighted by Gasteiger charge is 2.60. The minimum Gasteiger partial charge on any atom is -0.483 e. The smallest absolute Gasteiger partial charge is 0.403 e. The molecule has 0 amide bonds. The molecule has 0 saturated heterocycles. The molecule has 0 bridgehead atoms. The number of halogens is 7. The van der Waals surface area contributed by atoms with E-state index in [-0.39, 0.29) is 6.47 Å². The lowest BCUT2D eigenvalue weighted by molar-refractivity contribution is -0.299. The predicted molar refractivity (Wildman–Crippen MR) is 62.2 cm³/mol. The van der Waals surface area contributed by atoms with E-state index in [0.29, 0.717) is 0 Å². The normalized spacial score (nSPS) is 11.8. The summed E-state index contributed by atoms with van der Waals surface area (Å²) < 4.78 is 82.5. The van der Waals surface area contributed by atoms with Crippen molar-refractivity contribution in [3.8, 4) is 0 Å². The van der Waals surface area contributed by atoms with E-state index < -0.39 is 30.9 Å². The van der Waals surface area contributed by atoms with E-state index in [4.69, 9.17) is 9.90 Å². The molecule has 0 aromatic carbocycles. The molecular weight excluding hydrogens is 297 g/mol. The van der Waals surface area contributed by atoms with Crippen molar-refractivity contribution in [1.29, 1.82) is 0 Å². The number of hydrogen-bond donors (Lipinski definition) is 1. The van der Waals surface area contributed by atoms with Gasteiger partial charge in [0.1, 0.15) is 6.17 Å². The summed E-state index contributed by atoms with van der Waals surface area (Å²) in [7, 11) is 0. The molecule has 9 heteroatoms. The SMILES string of the molecule is CC.CC.CCC(F)C(C(F)(F)F)C(F)(F)F.O=CO. The lowest BCUT2D eigenvalue weighted by atomic mass is 10.0. The van der Waals surface area contributed by atoms with E-state index in [2.05, 4.69) is 0 Å². The van der Waals surface area contributed by atoms with E-state index in [1.165, 1.54) is 0 Å². The molecule has 0 aliphatic rings. The Morgan fingerprint density at radius 1 is 0.950 bits per heavy atom. The molecular formula is C11H21F7O2. The number of hydrogen-bond acceptors (Lipinski definition) is 1. The fraction of sp³-hybridized carbons (Fsp3) is 0.909. The van der Waals surface area contributed by atoms with Gasteiger partial charge >= 0.3 is 12.4 Å². The molecule has 0 aliphatic carbocycles. The fourth-order valence-corrected chi connectivity index (χ4v) is 0.831. The molecule has 0 spiro atoms. The summed E-state index contributed by atoms with van der Waals surface area (Å²) in [6, 6.07) is 0. The van der Waals surface area contributed by atoms with Crippen LogP contribution in [-0.2, 0) is 4.79 Å². The van der Waals surface area contributed by atoms with Gasteiger partial charge in [-0.25, -0.2) is 4.39 Å². The summed E-state index contributed by atoms with van der Waals surface area (Å²) in [6.07, 6.45) is -14.9. The number of carboxylic acid groups (broad SMARTS) is 1. The van der Waals surface area contributed by atoms with Gasteiger partial charge in [-0.05, 0) is 6.42 Å². The lowest BCUT2D eigenvalue weighted by Crippen LogP contribution is -2.42. The maximum Gasteiger partial charge on any atom is 0.403 e. The predicted octanol–water partition coefficient (Wildman–Crippen LogP) is 5.23. The zero-order valence-corrected chi connectivity index (χ0v) is 11.9. The molecule has 1 unspecified atom stereocenters. The first-order valence-electron chi connectivity index (χ1n) is 5.87. The van der Waals surface area contributed by atoms with Gasteiger partial charge < -0.3 is 5.11 Å². The Bertz CT molecular complexity index is 188. The topological polar surface area (TPSA) is 37.3 Å². The molecule has 1 atom stereocenters. The van der Waals surface area contributed by atoms with Crippen LogP contribution in [-0.4, -0.2) is 30.1 Å². The standard InChI is InChI=1S/C6H7F7.2C2H6.CH2O2/c1-2-3(7)4(5(8,9)10)6(11,12)13;2*1-2;2-1-3/h3-4H,2H2,1H3;2*1-2H3;1H,(H,2,3). The third-order valence-electron chi connectivity index (χ3n) is 1.46. The second kappa shape index (κ2) is 14.4. The van der Waals surface area contributed by atoms with Crippen molar-refractivity contribution in [3.63, 3.8) is 0 Å². The highest BCUT2D eigenvalue weighted by Crippen LogP contribution is 2.43. The van der Waals surface area contributed by atoms with E-state index in [9.17, 15) is 30.7 Å². The van der Waals surface area contributed by atoms with Crippen LogP contribution < -0.4 is 0 Å². The van der Waals surface area contributed by atoms with Crippen molar-refractivity contribution in [2.75, 3.05) is 0 Å². The molecule has 0 aliphatic heterocycles. The fourth-order valence-electron chi connectivity index (χ4n) is 0.831. The van der Waals surface area contributed by atoms with Crippen LogP contribution in [0.4, 0.5) is 30.7 Å². The summed E-state index contributed by atoms with van der Waals surface area (Å²) in [5, 5.41) is 6.89. The molecule has 0 aromatic heterocycles. The monoisotopic (exact) mass is 318 g/mol. The molecule has 1 N–H and O–H groups in total. The Hall–Kier alpha value is -1.02. The first kappa shape index (κ1) is 27.3. The van der Waals surface area contributed by atoms with Crippen LogP contribution in [0.2, 0.25) is 0 Å². The van der Waals surface area contributed by atoms with Crippen LogP contribution >= 0.6 is 0 Å². The Morgan fingerprint density at radius 3 is 1.20 bits per heavy atom. The third kappa shape index (κ3) is 15.0. The van der Waals surface area contributed by atoms with Crippen molar-refractivity contribution in [3.05, 3.63) is 0 Å². The first-order valence-corrected chi connectivity index (χ1v) is 5.87. The van der Waals surface area contributed by atoms with Gasteiger partial charge in [-0.2, -0.15) is 26.3 Å². The number of carbonyl (C=O) groups is 1. The summed E-state index contributed by atoms with van der Waals surface area (Å²) in [4.78, 5) is 8.36. The molecule has 126 valence electrons. The van der Waals surface area contributed by atoms with Crippen LogP contribution in [0, 0.1) is 5.92 Å².